The Kier molecular flexibility index (Phi) is 3.91. The van der Waals surface area contributed by atoms with Crippen molar-refractivity contribution >= 4 is 18.3 Å². The van der Waals surface area contributed by atoms with Crippen molar-refractivity contribution < 1.29 is 22.3 Å². The van der Waals surface area contributed by atoms with Crippen LogP contribution < -0.4 is 4.74 Å². The number of rotatable bonds is 1. The van der Waals surface area contributed by atoms with Crippen LogP contribution in [0.5, 0.6) is 5.75 Å². The Labute approximate surface area is 144 Å². The van der Waals surface area contributed by atoms with Crippen molar-refractivity contribution in [2.45, 2.75) is 19.2 Å². The Morgan fingerprint density at radius 1 is 1.40 bits per heavy atom. The van der Waals surface area contributed by atoms with Gasteiger partial charge in [0.1, 0.15) is 23.6 Å². The van der Waals surface area contributed by atoms with E-state index in [0.717, 1.165) is 13.1 Å². The molecule has 2 aromatic rings. The molecule has 0 aliphatic carbocycles. The highest BCUT2D eigenvalue weighted by molar-refractivity contribution is 7.71. The van der Waals surface area contributed by atoms with Crippen molar-refractivity contribution in [1.82, 2.24) is 14.3 Å². The van der Waals surface area contributed by atoms with Gasteiger partial charge in [0.2, 0.25) is 10.6 Å². The van der Waals surface area contributed by atoms with Gasteiger partial charge in [-0.25, -0.2) is 9.07 Å². The third-order valence-corrected chi connectivity index (χ3v) is 4.09. The number of nitrogens with zero attached hydrogens (tertiary/aromatic N) is 4. The molecule has 1 aromatic heterocycles. The topological polar surface area (TPSA) is 55.8 Å². The minimum Gasteiger partial charge on any atom is -0.485 e. The third kappa shape index (κ3) is 2.70. The van der Waals surface area contributed by atoms with Gasteiger partial charge in [-0.15, -0.1) is 5.10 Å². The number of benzene rings is 1. The molecule has 10 heteroatoms. The Morgan fingerprint density at radius 3 is 2.64 bits per heavy atom. The van der Waals surface area contributed by atoms with Crippen molar-refractivity contribution in [3.63, 3.8) is 0 Å². The summed E-state index contributed by atoms with van der Waals surface area (Å²) < 4.78 is 60.3. The Bertz CT molecular complexity index is 997. The maximum absolute atomic E-state index is 14.6. The summed E-state index contributed by atoms with van der Waals surface area (Å²) in [6, 6.07) is 2.70. The molecular formula is C15H10F4N4OS. The maximum Gasteiger partial charge on any atom is 0.451 e. The molecule has 0 fully saturated rings. The van der Waals surface area contributed by atoms with Gasteiger partial charge in [-0.1, -0.05) is 0 Å². The van der Waals surface area contributed by atoms with Crippen LogP contribution in [0.3, 0.4) is 0 Å². The van der Waals surface area contributed by atoms with Crippen LogP contribution in [-0.2, 0) is 13.2 Å². The zero-order valence-electron chi connectivity index (χ0n) is 12.9. The first-order valence-electron chi connectivity index (χ1n) is 7.00. The Balaban J connectivity index is 2.35. The summed E-state index contributed by atoms with van der Waals surface area (Å²) in [5, 5.41) is 12.6. The van der Waals surface area contributed by atoms with E-state index in [9.17, 15) is 17.6 Å². The van der Waals surface area contributed by atoms with Crippen molar-refractivity contribution in [1.29, 1.82) is 5.26 Å². The molecule has 0 spiro atoms. The molecule has 1 aliphatic rings. The predicted octanol–water partition coefficient (Wildman–Crippen LogP) is 3.76. The molecular weight excluding hydrogens is 360 g/mol. The maximum atomic E-state index is 14.6. The van der Waals surface area contributed by atoms with Crippen LogP contribution in [0.4, 0.5) is 17.6 Å². The van der Waals surface area contributed by atoms with Gasteiger partial charge in [0.05, 0.1) is 5.56 Å². The lowest BCUT2D eigenvalue weighted by Crippen LogP contribution is -2.16. The molecule has 1 aromatic carbocycles. The molecule has 1 unspecified atom stereocenters. The summed E-state index contributed by atoms with van der Waals surface area (Å²) >= 11 is 4.98. The number of hydrogen-bond acceptors (Lipinski definition) is 4. The zero-order valence-corrected chi connectivity index (χ0v) is 13.7. The van der Waals surface area contributed by atoms with Crippen LogP contribution in [-0.4, -0.2) is 20.5 Å². The number of aromatic nitrogens is 3. The quantitative estimate of drug-likeness (QED) is 0.567. The van der Waals surface area contributed by atoms with Crippen molar-refractivity contribution in [3.05, 3.63) is 39.7 Å². The predicted molar refractivity (Wildman–Crippen MR) is 82.2 cm³/mol. The Hall–Kier alpha value is -2.67. The van der Waals surface area contributed by atoms with Crippen molar-refractivity contribution in [2.24, 2.45) is 7.05 Å². The second-order valence-electron chi connectivity index (χ2n) is 5.37. The fourth-order valence-electron chi connectivity index (χ4n) is 2.51. The summed E-state index contributed by atoms with van der Waals surface area (Å²) in [5.41, 5.74) is -0.253. The highest BCUT2D eigenvalue weighted by Crippen LogP contribution is 2.37. The van der Waals surface area contributed by atoms with Crippen LogP contribution in [0.25, 0.3) is 11.8 Å². The van der Waals surface area contributed by atoms with Crippen LogP contribution in [0, 0.1) is 21.9 Å². The van der Waals surface area contributed by atoms with E-state index in [4.69, 9.17) is 22.2 Å². The van der Waals surface area contributed by atoms with E-state index >= 15 is 0 Å². The number of halogens is 4. The highest BCUT2D eigenvalue weighted by Gasteiger charge is 2.38. The number of fused-ring (bicyclic) bond motifs is 1. The van der Waals surface area contributed by atoms with Crippen LogP contribution in [0.2, 0.25) is 0 Å². The zero-order chi connectivity index (χ0) is 18.5. The van der Waals surface area contributed by atoms with E-state index in [0.29, 0.717) is 9.25 Å². The monoisotopic (exact) mass is 370 g/mol. The SMILES string of the molecule is CC1C=Cc2c(c(C#N)cc(F)c2-n2nc(C(F)(F)F)n(C)c2=S)O1. The molecule has 0 amide bonds. The van der Waals surface area contributed by atoms with Crippen molar-refractivity contribution in [3.8, 4) is 17.5 Å². The van der Waals surface area contributed by atoms with Gasteiger partial charge < -0.3 is 4.74 Å². The normalized spacial score (nSPS) is 16.3. The van der Waals surface area contributed by atoms with Gasteiger partial charge in [-0.3, -0.25) is 4.57 Å². The summed E-state index contributed by atoms with van der Waals surface area (Å²) in [7, 11) is 1.09. The fraction of sp³-hybridized carbons (Fsp3) is 0.267. The molecule has 0 radical (unpaired) electrons. The van der Waals surface area contributed by atoms with Crippen molar-refractivity contribution in [2.75, 3.05) is 0 Å². The molecule has 1 atom stereocenters. The standard InChI is InChI=1S/C15H10F4N4OS/c1-7-3-4-9-11(10(16)5-8(6-20)12(9)24-7)23-14(25)22(2)13(21-23)15(17,18)19/h3-5,7H,1-2H3. The minimum absolute atomic E-state index is 0.0639. The lowest BCUT2D eigenvalue weighted by atomic mass is 10.0. The molecule has 0 saturated carbocycles. The van der Waals surface area contributed by atoms with Gasteiger partial charge in [0.25, 0.3) is 0 Å². The third-order valence-electron chi connectivity index (χ3n) is 3.65. The summed E-state index contributed by atoms with van der Waals surface area (Å²) in [4.78, 5) is 0. The highest BCUT2D eigenvalue weighted by atomic mass is 32.1. The smallest absolute Gasteiger partial charge is 0.451 e. The first-order chi connectivity index (χ1) is 11.6. The minimum atomic E-state index is -4.75. The molecule has 0 N–H and O–H groups in total. The van der Waals surface area contributed by atoms with Gasteiger partial charge in [0.15, 0.2) is 5.82 Å². The molecule has 1 aliphatic heterocycles. The van der Waals surface area contributed by atoms with Gasteiger partial charge in [-0.2, -0.15) is 18.4 Å². The second-order valence-corrected chi connectivity index (χ2v) is 5.73. The Morgan fingerprint density at radius 2 is 2.08 bits per heavy atom. The van der Waals surface area contributed by atoms with E-state index in [1.165, 1.54) is 6.08 Å². The van der Waals surface area contributed by atoms with E-state index in [1.54, 1.807) is 13.0 Å². The van der Waals surface area contributed by atoms with Crippen LogP contribution in [0.15, 0.2) is 12.1 Å². The van der Waals surface area contributed by atoms with Crippen LogP contribution >= 0.6 is 12.2 Å². The molecule has 130 valence electrons. The molecule has 0 saturated heterocycles. The largest absolute Gasteiger partial charge is 0.485 e. The number of nitriles is 1. The number of ether oxygens (including phenoxy) is 1. The van der Waals surface area contributed by atoms with E-state index in [1.807, 2.05) is 6.07 Å². The lowest BCUT2D eigenvalue weighted by Gasteiger charge is -2.21. The number of alkyl halides is 3. The first-order valence-corrected chi connectivity index (χ1v) is 7.41. The van der Waals surface area contributed by atoms with Gasteiger partial charge in [-0.05, 0) is 37.4 Å². The summed E-state index contributed by atoms with van der Waals surface area (Å²) in [6.07, 6.45) is -2.06. The van der Waals surface area contributed by atoms with Crippen LogP contribution in [0.1, 0.15) is 23.9 Å². The fourth-order valence-corrected chi connectivity index (χ4v) is 2.73. The number of hydrogen-bond donors (Lipinski definition) is 0. The molecule has 25 heavy (non-hydrogen) atoms. The average Bonchev–Trinajstić information content (AvgIpc) is 2.83. The molecule has 0 bridgehead atoms. The molecule has 3 rings (SSSR count). The average molecular weight is 370 g/mol. The van der Waals surface area contributed by atoms with E-state index in [-0.39, 0.29) is 33.4 Å². The van der Waals surface area contributed by atoms with E-state index in [2.05, 4.69) is 5.10 Å². The second kappa shape index (κ2) is 5.70. The summed E-state index contributed by atoms with van der Waals surface area (Å²) in [6.45, 7) is 1.71. The summed E-state index contributed by atoms with van der Waals surface area (Å²) in [5.74, 6) is -2.11. The lowest BCUT2D eigenvalue weighted by molar-refractivity contribution is -0.147. The molecule has 5 nitrogen and oxygen atoms in total. The van der Waals surface area contributed by atoms with Gasteiger partial charge in [0, 0.05) is 12.6 Å². The molecule has 2 heterocycles. The van der Waals surface area contributed by atoms with Gasteiger partial charge >= 0.3 is 6.18 Å². The van der Waals surface area contributed by atoms with E-state index < -0.39 is 17.8 Å². The first kappa shape index (κ1) is 17.2.